The number of amides is 2. The molecule has 0 aromatic heterocycles. The van der Waals surface area contributed by atoms with Gasteiger partial charge in [-0.15, -0.1) is 12.4 Å². The first kappa shape index (κ1) is 22.7. The van der Waals surface area contributed by atoms with Crippen molar-refractivity contribution < 1.29 is 9.59 Å². The van der Waals surface area contributed by atoms with E-state index in [0.717, 1.165) is 17.9 Å². The smallest absolute Gasteiger partial charge is 0.227 e. The molecule has 2 aliphatic rings. The van der Waals surface area contributed by atoms with Gasteiger partial charge in [0.1, 0.15) is 0 Å². The molecule has 1 aromatic carbocycles. The van der Waals surface area contributed by atoms with Crippen molar-refractivity contribution in [3.63, 3.8) is 0 Å². The van der Waals surface area contributed by atoms with Crippen LogP contribution in [0.5, 0.6) is 0 Å². The van der Waals surface area contributed by atoms with Crippen molar-refractivity contribution in [2.24, 2.45) is 17.6 Å². The first-order chi connectivity index (χ1) is 13.1. The molecule has 1 saturated carbocycles. The highest BCUT2D eigenvalue weighted by Crippen LogP contribution is 2.29. The number of hydrogen-bond acceptors (Lipinski definition) is 3. The maximum absolute atomic E-state index is 12.8. The summed E-state index contributed by atoms with van der Waals surface area (Å²) in [7, 11) is 0. The minimum absolute atomic E-state index is 0. The molecule has 1 aliphatic heterocycles. The molecule has 2 N–H and O–H groups in total. The average molecular weight is 408 g/mol. The lowest BCUT2D eigenvalue weighted by atomic mass is 9.94. The molecule has 5 nitrogen and oxygen atoms in total. The minimum Gasteiger partial charge on any atom is -0.339 e. The number of halogens is 1. The molecule has 0 radical (unpaired) electrons. The van der Waals surface area contributed by atoms with Gasteiger partial charge in [0.2, 0.25) is 11.8 Å². The van der Waals surface area contributed by atoms with Gasteiger partial charge in [-0.25, -0.2) is 0 Å². The molecular formula is C22H34ClN3O2. The lowest BCUT2D eigenvalue weighted by Crippen LogP contribution is -2.52. The minimum atomic E-state index is -0.301. The molecule has 156 valence electrons. The zero-order valence-corrected chi connectivity index (χ0v) is 17.7. The largest absolute Gasteiger partial charge is 0.339 e. The summed E-state index contributed by atoms with van der Waals surface area (Å²) in [6.45, 7) is 4.41. The van der Waals surface area contributed by atoms with Crippen LogP contribution in [-0.4, -0.2) is 47.8 Å². The molecule has 1 saturated heterocycles. The lowest BCUT2D eigenvalue weighted by Gasteiger charge is -2.37. The highest BCUT2D eigenvalue weighted by molar-refractivity contribution is 5.85. The van der Waals surface area contributed by atoms with Crippen molar-refractivity contribution in [3.05, 3.63) is 35.9 Å². The molecule has 6 heteroatoms. The Balaban J connectivity index is 0.00000280. The molecule has 0 bridgehead atoms. The van der Waals surface area contributed by atoms with Gasteiger partial charge in [0.15, 0.2) is 0 Å². The predicted octanol–water partition coefficient (Wildman–Crippen LogP) is 3.39. The van der Waals surface area contributed by atoms with E-state index in [1.54, 1.807) is 0 Å². The molecule has 2 atom stereocenters. The predicted molar refractivity (Wildman–Crippen MR) is 114 cm³/mol. The van der Waals surface area contributed by atoms with E-state index in [1.165, 1.54) is 25.7 Å². The number of hydrogen-bond donors (Lipinski definition) is 1. The van der Waals surface area contributed by atoms with E-state index < -0.39 is 0 Å². The van der Waals surface area contributed by atoms with E-state index in [0.29, 0.717) is 32.6 Å². The molecule has 3 rings (SSSR count). The van der Waals surface area contributed by atoms with Crippen molar-refractivity contribution in [2.75, 3.05) is 26.2 Å². The van der Waals surface area contributed by atoms with Gasteiger partial charge >= 0.3 is 0 Å². The van der Waals surface area contributed by atoms with Crippen LogP contribution in [-0.2, 0) is 9.59 Å². The molecule has 1 aliphatic carbocycles. The van der Waals surface area contributed by atoms with Crippen LogP contribution in [0.25, 0.3) is 0 Å². The average Bonchev–Trinajstić information content (AvgIpc) is 3.25. The van der Waals surface area contributed by atoms with E-state index in [9.17, 15) is 9.59 Å². The fourth-order valence-corrected chi connectivity index (χ4v) is 4.37. The van der Waals surface area contributed by atoms with E-state index in [2.05, 4.69) is 0 Å². The maximum Gasteiger partial charge on any atom is 0.227 e. The molecule has 1 heterocycles. The fraction of sp³-hybridized carbons (Fsp3) is 0.636. The number of nitrogens with two attached hydrogens (primary N) is 1. The van der Waals surface area contributed by atoms with Crippen molar-refractivity contribution in [2.45, 2.75) is 51.5 Å². The third kappa shape index (κ3) is 5.71. The van der Waals surface area contributed by atoms with Crippen molar-refractivity contribution in [1.29, 1.82) is 0 Å². The van der Waals surface area contributed by atoms with Crippen LogP contribution < -0.4 is 5.73 Å². The molecule has 28 heavy (non-hydrogen) atoms. The van der Waals surface area contributed by atoms with E-state index in [-0.39, 0.29) is 36.2 Å². The van der Waals surface area contributed by atoms with Gasteiger partial charge in [0, 0.05) is 38.6 Å². The van der Waals surface area contributed by atoms with Crippen LogP contribution in [0, 0.1) is 11.8 Å². The topological polar surface area (TPSA) is 66.6 Å². The number of benzene rings is 1. The Bertz CT molecular complexity index is 626. The van der Waals surface area contributed by atoms with E-state index >= 15 is 0 Å². The summed E-state index contributed by atoms with van der Waals surface area (Å²) in [5.41, 5.74) is 7.29. The summed E-state index contributed by atoms with van der Waals surface area (Å²) in [5, 5.41) is 0. The van der Waals surface area contributed by atoms with Gasteiger partial charge in [-0.3, -0.25) is 9.59 Å². The van der Waals surface area contributed by atoms with Gasteiger partial charge < -0.3 is 15.5 Å². The zero-order valence-electron chi connectivity index (χ0n) is 16.9. The third-order valence-electron chi connectivity index (χ3n) is 6.30. The molecule has 1 aromatic rings. The van der Waals surface area contributed by atoms with E-state index in [1.807, 2.05) is 47.1 Å². The Kier molecular flexibility index (Phi) is 8.77. The monoisotopic (exact) mass is 407 g/mol. The first-order valence-electron chi connectivity index (χ1n) is 10.4. The molecule has 0 spiro atoms. The summed E-state index contributed by atoms with van der Waals surface area (Å²) in [6, 6.07) is 9.48. The molecule has 2 fully saturated rings. The van der Waals surface area contributed by atoms with Crippen LogP contribution in [0.2, 0.25) is 0 Å². The Labute approximate surface area is 175 Å². The number of nitrogens with zero attached hydrogens (tertiary/aromatic N) is 2. The summed E-state index contributed by atoms with van der Waals surface area (Å²) in [6.07, 6.45) is 6.91. The SMILES string of the molecule is CC(C(=O)N1CCN(C(=O)CCC2CCCC2)CC1)C(N)c1ccccc1.Cl. The second kappa shape index (κ2) is 10.8. The van der Waals surface area contributed by atoms with Crippen LogP contribution in [0.3, 0.4) is 0 Å². The normalized spacial score (nSPS) is 19.8. The molecule has 2 amide bonds. The van der Waals surface area contributed by atoms with Crippen LogP contribution in [0.1, 0.15) is 57.1 Å². The quantitative estimate of drug-likeness (QED) is 0.785. The Morgan fingerprint density at radius 3 is 2.21 bits per heavy atom. The van der Waals surface area contributed by atoms with Crippen molar-refractivity contribution in [1.82, 2.24) is 9.80 Å². The number of carbonyl (C=O) groups excluding carboxylic acids is 2. The molecule has 2 unspecified atom stereocenters. The zero-order chi connectivity index (χ0) is 19.2. The van der Waals surface area contributed by atoms with Gasteiger partial charge in [0.05, 0.1) is 5.92 Å². The van der Waals surface area contributed by atoms with Gasteiger partial charge in [-0.1, -0.05) is 62.9 Å². The Morgan fingerprint density at radius 1 is 1.04 bits per heavy atom. The van der Waals surface area contributed by atoms with Gasteiger partial charge in [-0.2, -0.15) is 0 Å². The Morgan fingerprint density at radius 2 is 1.61 bits per heavy atom. The Hall–Kier alpha value is -1.59. The second-order valence-electron chi connectivity index (χ2n) is 8.12. The van der Waals surface area contributed by atoms with Crippen molar-refractivity contribution in [3.8, 4) is 0 Å². The maximum atomic E-state index is 12.8. The number of piperazine rings is 1. The third-order valence-corrected chi connectivity index (χ3v) is 6.30. The number of carbonyl (C=O) groups is 2. The summed E-state index contributed by atoms with van der Waals surface area (Å²) in [5.74, 6) is 0.821. The summed E-state index contributed by atoms with van der Waals surface area (Å²) < 4.78 is 0. The van der Waals surface area contributed by atoms with Gasteiger partial charge in [0.25, 0.3) is 0 Å². The number of rotatable bonds is 6. The van der Waals surface area contributed by atoms with Crippen LogP contribution >= 0.6 is 12.4 Å². The second-order valence-corrected chi connectivity index (χ2v) is 8.12. The van der Waals surface area contributed by atoms with Crippen LogP contribution in [0.15, 0.2) is 30.3 Å². The standard InChI is InChI=1S/C22H33N3O2.ClH/c1-17(21(23)19-9-3-2-4-10-19)22(27)25-15-13-24(14-16-25)20(26)12-11-18-7-5-6-8-18;/h2-4,9-10,17-18,21H,5-8,11-16,23H2,1H3;1H. The summed E-state index contributed by atoms with van der Waals surface area (Å²) in [4.78, 5) is 29.1. The highest BCUT2D eigenvalue weighted by atomic mass is 35.5. The van der Waals surface area contributed by atoms with Crippen molar-refractivity contribution >= 4 is 24.2 Å². The summed E-state index contributed by atoms with van der Waals surface area (Å²) >= 11 is 0. The van der Waals surface area contributed by atoms with Gasteiger partial charge in [-0.05, 0) is 17.9 Å². The van der Waals surface area contributed by atoms with Crippen LogP contribution in [0.4, 0.5) is 0 Å². The van der Waals surface area contributed by atoms with E-state index in [4.69, 9.17) is 5.73 Å². The lowest BCUT2D eigenvalue weighted by molar-refractivity contribution is -0.142. The highest BCUT2D eigenvalue weighted by Gasteiger charge is 2.30. The fourth-order valence-electron chi connectivity index (χ4n) is 4.37. The molecular weight excluding hydrogens is 374 g/mol. The first-order valence-corrected chi connectivity index (χ1v) is 10.4.